The summed E-state index contributed by atoms with van der Waals surface area (Å²) in [5, 5.41) is 8.56. The summed E-state index contributed by atoms with van der Waals surface area (Å²) >= 11 is 0. The Morgan fingerprint density at radius 3 is 2.64 bits per heavy atom. The number of ether oxygens (including phenoxy) is 1. The lowest BCUT2D eigenvalue weighted by Crippen LogP contribution is -2.39. The maximum Gasteiger partial charge on any atom is 0.271 e. The molecule has 0 radical (unpaired) electrons. The Morgan fingerprint density at radius 2 is 1.96 bits per heavy atom. The van der Waals surface area contributed by atoms with E-state index >= 15 is 0 Å². The van der Waals surface area contributed by atoms with Gasteiger partial charge in [0.25, 0.3) is 5.91 Å². The van der Waals surface area contributed by atoms with Gasteiger partial charge < -0.3 is 15.8 Å². The number of hydrazone groups is 1. The summed E-state index contributed by atoms with van der Waals surface area (Å²) in [7, 11) is 1.55. The van der Waals surface area contributed by atoms with E-state index in [9.17, 15) is 9.59 Å². The average molecular weight is 338 g/mol. The minimum absolute atomic E-state index is 0.153. The molecule has 0 aromatic heterocycles. The minimum atomic E-state index is -0.687. The zero-order chi connectivity index (χ0) is 17.8. The first kappa shape index (κ1) is 16.5. The summed E-state index contributed by atoms with van der Waals surface area (Å²) in [6, 6.07) is 15.5. The third-order valence-corrected chi connectivity index (χ3v) is 3.85. The topological polar surface area (TPSA) is 97.0 Å². The van der Waals surface area contributed by atoms with Crippen molar-refractivity contribution in [2.45, 2.75) is 12.5 Å². The molecule has 25 heavy (non-hydrogen) atoms. The van der Waals surface area contributed by atoms with E-state index in [1.54, 1.807) is 31.4 Å². The lowest BCUT2D eigenvalue weighted by molar-refractivity contribution is -0.119. The second kappa shape index (κ2) is 7.04. The maximum atomic E-state index is 12.5. The van der Waals surface area contributed by atoms with Gasteiger partial charge in [-0.3, -0.25) is 14.6 Å². The molecule has 1 heterocycles. The molecule has 0 bridgehead atoms. The average Bonchev–Trinajstić information content (AvgIpc) is 3.08. The van der Waals surface area contributed by atoms with Crippen molar-refractivity contribution in [3.63, 3.8) is 0 Å². The number of benzene rings is 2. The summed E-state index contributed by atoms with van der Waals surface area (Å²) in [4.78, 5) is 24.3. The van der Waals surface area contributed by atoms with E-state index in [1.165, 1.54) is 5.01 Å². The molecule has 2 amide bonds. The van der Waals surface area contributed by atoms with Gasteiger partial charge in [-0.05, 0) is 24.3 Å². The Morgan fingerprint density at radius 1 is 1.20 bits per heavy atom. The number of nitrogens with one attached hydrogen (secondary N) is 1. The Kier molecular flexibility index (Phi) is 4.65. The predicted octanol–water partition coefficient (Wildman–Crippen LogP) is 1.75. The molecule has 2 aromatic carbocycles. The number of para-hydroxylation sites is 1. The van der Waals surface area contributed by atoms with Crippen molar-refractivity contribution in [2.75, 3.05) is 17.4 Å². The number of carbonyl (C=O) groups excluding carboxylic acids is 2. The molecule has 1 unspecified atom stereocenters. The molecule has 2 aromatic rings. The van der Waals surface area contributed by atoms with Crippen LogP contribution in [0, 0.1) is 0 Å². The molecule has 1 atom stereocenters. The molecule has 7 nitrogen and oxygen atoms in total. The first-order valence-corrected chi connectivity index (χ1v) is 7.75. The van der Waals surface area contributed by atoms with Crippen molar-refractivity contribution < 1.29 is 14.3 Å². The first-order chi connectivity index (χ1) is 12.1. The molecule has 0 saturated heterocycles. The number of hydrogen-bond acceptors (Lipinski definition) is 5. The van der Waals surface area contributed by atoms with Crippen LogP contribution in [0.25, 0.3) is 0 Å². The highest BCUT2D eigenvalue weighted by molar-refractivity contribution is 6.44. The molecule has 1 aliphatic heterocycles. The van der Waals surface area contributed by atoms with Gasteiger partial charge in [-0.1, -0.05) is 24.3 Å². The number of primary amides is 1. The van der Waals surface area contributed by atoms with E-state index in [-0.39, 0.29) is 18.0 Å². The first-order valence-electron chi connectivity index (χ1n) is 7.75. The van der Waals surface area contributed by atoms with Crippen LogP contribution in [-0.4, -0.2) is 30.7 Å². The van der Waals surface area contributed by atoms with E-state index in [2.05, 4.69) is 10.4 Å². The van der Waals surface area contributed by atoms with E-state index < -0.39 is 11.9 Å². The van der Waals surface area contributed by atoms with Crippen LogP contribution in [0.1, 0.15) is 6.42 Å². The number of nitrogens with two attached hydrogens (primary N) is 1. The predicted molar refractivity (Wildman–Crippen MR) is 95.6 cm³/mol. The van der Waals surface area contributed by atoms with Gasteiger partial charge in [0, 0.05) is 18.2 Å². The number of amides is 2. The van der Waals surface area contributed by atoms with Crippen LogP contribution < -0.4 is 20.8 Å². The van der Waals surface area contributed by atoms with Gasteiger partial charge in [-0.2, -0.15) is 5.10 Å². The quantitative estimate of drug-likeness (QED) is 0.868. The molecule has 128 valence electrons. The molecule has 0 spiro atoms. The molecule has 3 N–H and O–H groups in total. The number of nitrogens with zero attached hydrogens (tertiary/aromatic N) is 2. The van der Waals surface area contributed by atoms with Gasteiger partial charge in [-0.15, -0.1) is 0 Å². The molecular weight excluding hydrogens is 320 g/mol. The van der Waals surface area contributed by atoms with E-state index in [0.717, 1.165) is 0 Å². The highest BCUT2D eigenvalue weighted by atomic mass is 16.5. The minimum Gasteiger partial charge on any atom is -0.497 e. The molecular formula is C18H18N4O3. The zero-order valence-electron chi connectivity index (χ0n) is 13.7. The summed E-state index contributed by atoms with van der Waals surface area (Å²) in [5.74, 6) is -0.276. The Hall–Kier alpha value is -3.35. The van der Waals surface area contributed by atoms with Gasteiger partial charge in [-0.25, -0.2) is 0 Å². The van der Waals surface area contributed by atoms with Crippen molar-refractivity contribution >= 4 is 28.9 Å². The highest BCUT2D eigenvalue weighted by Crippen LogP contribution is 2.25. The fourth-order valence-corrected chi connectivity index (χ4v) is 2.59. The lowest BCUT2D eigenvalue weighted by Gasteiger charge is -2.20. The monoisotopic (exact) mass is 338 g/mol. The third-order valence-electron chi connectivity index (χ3n) is 3.85. The van der Waals surface area contributed by atoms with Crippen molar-refractivity contribution in [3.8, 4) is 5.75 Å². The fourth-order valence-electron chi connectivity index (χ4n) is 2.59. The van der Waals surface area contributed by atoms with Gasteiger partial charge in [0.2, 0.25) is 5.91 Å². The van der Waals surface area contributed by atoms with Crippen LogP contribution in [0.2, 0.25) is 0 Å². The van der Waals surface area contributed by atoms with Crippen LogP contribution in [0.4, 0.5) is 11.4 Å². The second-order valence-corrected chi connectivity index (χ2v) is 5.54. The Labute approximate surface area is 145 Å². The van der Waals surface area contributed by atoms with Gasteiger partial charge in [0.05, 0.1) is 12.8 Å². The smallest absolute Gasteiger partial charge is 0.271 e. The van der Waals surface area contributed by atoms with Crippen molar-refractivity contribution in [3.05, 3.63) is 54.6 Å². The van der Waals surface area contributed by atoms with Gasteiger partial charge in [0.1, 0.15) is 17.5 Å². The van der Waals surface area contributed by atoms with Crippen LogP contribution in [0.3, 0.4) is 0 Å². The molecule has 0 fully saturated rings. The fraction of sp³-hybridized carbons (Fsp3) is 0.167. The van der Waals surface area contributed by atoms with Crippen LogP contribution in [-0.2, 0) is 9.59 Å². The Bertz CT molecular complexity index is 820. The van der Waals surface area contributed by atoms with Gasteiger partial charge >= 0.3 is 0 Å². The van der Waals surface area contributed by atoms with Crippen molar-refractivity contribution in [1.29, 1.82) is 0 Å². The standard InChI is InChI=1S/C18H18N4O3/c1-25-14-9-5-6-12(10-14)20-18(24)15-11-16(17(19)23)22(21-15)13-7-3-2-4-8-13/h2-10,16H,11H2,1H3,(H2,19,23)(H,20,24). The van der Waals surface area contributed by atoms with Crippen molar-refractivity contribution in [1.82, 2.24) is 0 Å². The summed E-state index contributed by atoms with van der Waals surface area (Å²) in [5.41, 5.74) is 7.01. The van der Waals surface area contributed by atoms with E-state index in [1.807, 2.05) is 30.3 Å². The number of methoxy groups -OCH3 is 1. The molecule has 1 aliphatic rings. The van der Waals surface area contributed by atoms with Crippen LogP contribution in [0.5, 0.6) is 5.75 Å². The van der Waals surface area contributed by atoms with Gasteiger partial charge in [0.15, 0.2) is 0 Å². The summed E-state index contributed by atoms with van der Waals surface area (Å²) in [6.45, 7) is 0. The Balaban J connectivity index is 1.81. The number of rotatable bonds is 5. The molecule has 7 heteroatoms. The normalized spacial score (nSPS) is 16.3. The highest BCUT2D eigenvalue weighted by Gasteiger charge is 2.34. The number of carbonyl (C=O) groups is 2. The third kappa shape index (κ3) is 3.60. The maximum absolute atomic E-state index is 12.5. The lowest BCUT2D eigenvalue weighted by atomic mass is 10.1. The van der Waals surface area contributed by atoms with Crippen molar-refractivity contribution in [2.24, 2.45) is 10.8 Å². The SMILES string of the molecule is COc1cccc(NC(=O)C2=NN(c3ccccc3)C(C(N)=O)C2)c1. The van der Waals surface area contributed by atoms with E-state index in [0.29, 0.717) is 17.1 Å². The molecule has 0 saturated carbocycles. The molecule has 0 aliphatic carbocycles. The largest absolute Gasteiger partial charge is 0.497 e. The van der Waals surface area contributed by atoms with E-state index in [4.69, 9.17) is 10.5 Å². The second-order valence-electron chi connectivity index (χ2n) is 5.54. The summed E-state index contributed by atoms with van der Waals surface area (Å²) < 4.78 is 5.13. The summed E-state index contributed by atoms with van der Waals surface area (Å²) in [6.07, 6.45) is 0.153. The number of hydrogen-bond donors (Lipinski definition) is 2. The number of anilines is 2. The van der Waals surface area contributed by atoms with Crippen LogP contribution >= 0.6 is 0 Å². The molecule has 3 rings (SSSR count). The van der Waals surface area contributed by atoms with Crippen LogP contribution in [0.15, 0.2) is 59.7 Å². The zero-order valence-corrected chi connectivity index (χ0v) is 13.7.